The Labute approximate surface area is 180 Å². The predicted octanol–water partition coefficient (Wildman–Crippen LogP) is 4.58. The van der Waals surface area contributed by atoms with E-state index in [2.05, 4.69) is 39.2 Å². The van der Waals surface area contributed by atoms with Gasteiger partial charge in [0, 0.05) is 15.3 Å². The molecule has 1 N–H and O–H groups in total. The van der Waals surface area contributed by atoms with Crippen molar-refractivity contribution in [1.29, 1.82) is 0 Å². The van der Waals surface area contributed by atoms with Crippen LogP contribution in [0.2, 0.25) is 5.02 Å². The summed E-state index contributed by atoms with van der Waals surface area (Å²) in [6, 6.07) is 5.22. The monoisotopic (exact) mass is 444 g/mol. The normalized spacial score (nSPS) is 11.2. The van der Waals surface area contributed by atoms with Gasteiger partial charge in [-0.25, -0.2) is 19.6 Å². The Morgan fingerprint density at radius 3 is 2.86 bits per heavy atom. The van der Waals surface area contributed by atoms with Gasteiger partial charge in [0.05, 0.1) is 17.1 Å². The Hall–Kier alpha value is -2.49. The summed E-state index contributed by atoms with van der Waals surface area (Å²) in [5, 5.41) is 9.42. The number of nitrogens with one attached hydrogen (secondary N) is 1. The Morgan fingerprint density at radius 1 is 1.28 bits per heavy atom. The summed E-state index contributed by atoms with van der Waals surface area (Å²) in [6.45, 7) is 6.00. The highest BCUT2D eigenvalue weighted by atomic mass is 35.5. The second-order valence-corrected chi connectivity index (χ2v) is 8.98. The van der Waals surface area contributed by atoms with E-state index in [1.54, 1.807) is 40.5 Å². The molecule has 1 amide bonds. The van der Waals surface area contributed by atoms with Crippen molar-refractivity contribution in [3.05, 3.63) is 52.1 Å². The molecule has 0 atom stereocenters. The van der Waals surface area contributed by atoms with Crippen LogP contribution in [0, 0.1) is 20.8 Å². The molecular formula is C19H17ClN6OS2. The summed E-state index contributed by atoms with van der Waals surface area (Å²) in [4.78, 5) is 27.9. The van der Waals surface area contributed by atoms with Crippen LogP contribution < -0.4 is 5.32 Å². The van der Waals surface area contributed by atoms with Crippen LogP contribution >= 0.6 is 34.7 Å². The lowest BCUT2D eigenvalue weighted by atomic mass is 10.2. The number of carbonyl (C=O) groups is 1. The van der Waals surface area contributed by atoms with Crippen LogP contribution in [0.1, 0.15) is 16.3 Å². The van der Waals surface area contributed by atoms with Crippen molar-refractivity contribution >= 4 is 56.5 Å². The molecule has 4 rings (SSSR count). The van der Waals surface area contributed by atoms with E-state index in [4.69, 9.17) is 11.6 Å². The van der Waals surface area contributed by atoms with Crippen molar-refractivity contribution in [2.75, 3.05) is 11.1 Å². The quantitative estimate of drug-likeness (QED) is 0.358. The third kappa shape index (κ3) is 4.12. The fraction of sp³-hybridized carbons (Fsp3) is 0.211. The average Bonchev–Trinajstić information content (AvgIpc) is 3.29. The molecule has 0 aliphatic heterocycles. The van der Waals surface area contributed by atoms with Crippen molar-refractivity contribution < 1.29 is 4.79 Å². The maximum Gasteiger partial charge on any atom is 0.234 e. The van der Waals surface area contributed by atoms with E-state index >= 15 is 0 Å². The van der Waals surface area contributed by atoms with Gasteiger partial charge in [-0.3, -0.25) is 4.79 Å². The summed E-state index contributed by atoms with van der Waals surface area (Å²) in [5.74, 6) is 0.751. The summed E-state index contributed by atoms with van der Waals surface area (Å²) in [7, 11) is 0. The van der Waals surface area contributed by atoms with Crippen LogP contribution in [0.3, 0.4) is 0 Å². The molecule has 0 aliphatic carbocycles. The van der Waals surface area contributed by atoms with E-state index in [-0.39, 0.29) is 11.7 Å². The molecular weight excluding hydrogens is 428 g/mol. The fourth-order valence-electron chi connectivity index (χ4n) is 2.88. The number of halogens is 1. The number of aromatic nitrogens is 5. The first-order chi connectivity index (χ1) is 13.9. The first kappa shape index (κ1) is 19.8. The number of amides is 1. The fourth-order valence-corrected chi connectivity index (χ4v) is 5.12. The molecule has 0 radical (unpaired) electrons. The predicted molar refractivity (Wildman–Crippen MR) is 117 cm³/mol. The van der Waals surface area contributed by atoms with Gasteiger partial charge in [0.15, 0.2) is 0 Å². The minimum Gasteiger partial charge on any atom is -0.323 e. The van der Waals surface area contributed by atoms with Crippen LogP contribution in [-0.2, 0) is 4.79 Å². The number of rotatable bonds is 5. The Bertz CT molecular complexity index is 1210. The Morgan fingerprint density at radius 2 is 2.10 bits per heavy atom. The number of thiophene rings is 1. The van der Waals surface area contributed by atoms with Gasteiger partial charge in [0.1, 0.15) is 28.3 Å². The van der Waals surface area contributed by atoms with Crippen molar-refractivity contribution in [3.8, 4) is 5.69 Å². The van der Waals surface area contributed by atoms with E-state index in [0.717, 1.165) is 20.8 Å². The molecule has 3 aromatic heterocycles. The van der Waals surface area contributed by atoms with E-state index < -0.39 is 0 Å². The van der Waals surface area contributed by atoms with Crippen LogP contribution in [-0.4, -0.2) is 36.4 Å². The first-order valence-electron chi connectivity index (χ1n) is 8.74. The molecule has 0 saturated carbocycles. The molecule has 148 valence electrons. The van der Waals surface area contributed by atoms with Crippen LogP contribution in [0.15, 0.2) is 35.9 Å². The minimum atomic E-state index is -0.160. The molecule has 1 aromatic carbocycles. The van der Waals surface area contributed by atoms with Crippen molar-refractivity contribution in [2.45, 2.75) is 25.8 Å². The third-order valence-corrected chi connectivity index (χ3v) is 6.66. The standard InChI is InChI=1S/C19H17ClN6OS2/c1-10-11(2)29-19-17(10)18(23-12(3)24-19)28-7-16(27)25-14-6-13(20)4-5-15(14)26-9-21-8-22-26/h4-6,8-9H,7H2,1-3H3,(H,25,27). The average molecular weight is 445 g/mol. The van der Waals surface area contributed by atoms with Gasteiger partial charge < -0.3 is 5.32 Å². The number of anilines is 1. The zero-order valence-corrected chi connectivity index (χ0v) is 18.3. The van der Waals surface area contributed by atoms with Gasteiger partial charge >= 0.3 is 0 Å². The lowest BCUT2D eigenvalue weighted by Crippen LogP contribution is -2.16. The van der Waals surface area contributed by atoms with Crippen molar-refractivity contribution in [1.82, 2.24) is 24.7 Å². The summed E-state index contributed by atoms with van der Waals surface area (Å²) in [6.07, 6.45) is 3.00. The van der Waals surface area contributed by atoms with Crippen LogP contribution in [0.25, 0.3) is 15.9 Å². The van der Waals surface area contributed by atoms with Gasteiger partial charge in [-0.2, -0.15) is 5.10 Å². The summed E-state index contributed by atoms with van der Waals surface area (Å²) < 4.78 is 1.58. The largest absolute Gasteiger partial charge is 0.323 e. The molecule has 10 heteroatoms. The number of nitrogens with zero attached hydrogens (tertiary/aromatic N) is 5. The Balaban J connectivity index is 1.55. The lowest BCUT2D eigenvalue weighted by molar-refractivity contribution is -0.113. The second kappa shape index (κ2) is 8.10. The number of fused-ring (bicyclic) bond motifs is 1. The number of thioether (sulfide) groups is 1. The molecule has 7 nitrogen and oxygen atoms in total. The highest BCUT2D eigenvalue weighted by molar-refractivity contribution is 8.00. The number of aryl methyl sites for hydroxylation is 3. The third-order valence-electron chi connectivity index (χ3n) is 4.35. The smallest absolute Gasteiger partial charge is 0.234 e. The topological polar surface area (TPSA) is 85.6 Å². The van der Waals surface area contributed by atoms with Gasteiger partial charge in [-0.15, -0.1) is 11.3 Å². The molecule has 4 aromatic rings. The highest BCUT2D eigenvalue weighted by Gasteiger charge is 2.16. The number of carbonyl (C=O) groups excluding carboxylic acids is 1. The van der Waals surface area contributed by atoms with E-state index in [1.165, 1.54) is 23.0 Å². The molecule has 3 heterocycles. The molecule has 0 saturated heterocycles. The zero-order valence-electron chi connectivity index (χ0n) is 15.9. The molecule has 0 aliphatic rings. The summed E-state index contributed by atoms with van der Waals surface area (Å²) in [5.41, 5.74) is 2.42. The highest BCUT2D eigenvalue weighted by Crippen LogP contribution is 2.35. The van der Waals surface area contributed by atoms with Gasteiger partial charge in [0.2, 0.25) is 5.91 Å². The maximum atomic E-state index is 12.7. The van der Waals surface area contributed by atoms with E-state index in [1.807, 2.05) is 6.92 Å². The molecule has 0 spiro atoms. The zero-order chi connectivity index (χ0) is 20.5. The van der Waals surface area contributed by atoms with Crippen molar-refractivity contribution in [3.63, 3.8) is 0 Å². The molecule has 0 bridgehead atoms. The molecule has 0 unspecified atom stereocenters. The number of hydrogen-bond donors (Lipinski definition) is 1. The maximum absolute atomic E-state index is 12.7. The number of benzene rings is 1. The number of hydrogen-bond acceptors (Lipinski definition) is 7. The van der Waals surface area contributed by atoms with Crippen LogP contribution in [0.5, 0.6) is 0 Å². The lowest BCUT2D eigenvalue weighted by Gasteiger charge is -2.11. The first-order valence-corrected chi connectivity index (χ1v) is 10.9. The Kier molecular flexibility index (Phi) is 5.53. The summed E-state index contributed by atoms with van der Waals surface area (Å²) >= 11 is 9.17. The minimum absolute atomic E-state index is 0.160. The van der Waals surface area contributed by atoms with Gasteiger partial charge in [-0.05, 0) is 44.5 Å². The van der Waals surface area contributed by atoms with E-state index in [9.17, 15) is 4.79 Å². The second-order valence-electron chi connectivity index (χ2n) is 6.38. The van der Waals surface area contributed by atoms with Crippen LogP contribution in [0.4, 0.5) is 5.69 Å². The SMILES string of the molecule is Cc1nc(SCC(=O)Nc2cc(Cl)ccc2-n2cncn2)c2c(C)c(C)sc2n1. The van der Waals surface area contributed by atoms with E-state index in [0.29, 0.717) is 22.2 Å². The van der Waals surface area contributed by atoms with Gasteiger partial charge in [-0.1, -0.05) is 23.4 Å². The van der Waals surface area contributed by atoms with Gasteiger partial charge in [0.25, 0.3) is 0 Å². The van der Waals surface area contributed by atoms with Crippen molar-refractivity contribution in [2.24, 2.45) is 0 Å². The molecule has 29 heavy (non-hydrogen) atoms. The molecule has 0 fully saturated rings.